The maximum absolute atomic E-state index is 2.54. The zero-order valence-corrected chi connectivity index (χ0v) is 8.46. The zero-order valence-electron chi connectivity index (χ0n) is 8.46. The molecule has 11 heavy (non-hydrogen) atoms. The van der Waals surface area contributed by atoms with Gasteiger partial charge in [-0.1, -0.05) is 20.8 Å². The summed E-state index contributed by atoms with van der Waals surface area (Å²) in [6.45, 7) is 9.37. The molecule has 1 aliphatic heterocycles. The molecule has 1 fully saturated rings. The molecule has 0 N–H and O–H groups in total. The molecule has 1 heterocycles. The molecule has 0 aromatic carbocycles. The van der Waals surface area contributed by atoms with Crippen LogP contribution in [0.4, 0.5) is 0 Å². The first-order valence-corrected chi connectivity index (χ1v) is 4.76. The molecule has 1 saturated heterocycles. The second kappa shape index (κ2) is 3.14. The molecule has 0 amide bonds. The molecule has 1 heteroatoms. The summed E-state index contributed by atoms with van der Waals surface area (Å²) in [5.74, 6) is 1.69. The fourth-order valence-corrected chi connectivity index (χ4v) is 2.67. The van der Waals surface area contributed by atoms with Crippen molar-refractivity contribution in [3.8, 4) is 0 Å². The summed E-state index contributed by atoms with van der Waals surface area (Å²) in [6, 6.07) is 1.60. The van der Waals surface area contributed by atoms with Gasteiger partial charge in [0.1, 0.15) is 0 Å². The Morgan fingerprint density at radius 3 is 2.00 bits per heavy atom. The van der Waals surface area contributed by atoms with Crippen LogP contribution in [0, 0.1) is 11.8 Å². The van der Waals surface area contributed by atoms with Gasteiger partial charge in [-0.15, -0.1) is 0 Å². The highest BCUT2D eigenvalue weighted by Gasteiger charge is 2.35. The number of hydrogen-bond acceptors (Lipinski definition) is 1. The summed E-state index contributed by atoms with van der Waals surface area (Å²) in [4.78, 5) is 2.54. The minimum absolute atomic E-state index is 0.789. The molecule has 0 spiro atoms. The van der Waals surface area contributed by atoms with Gasteiger partial charge < -0.3 is 4.90 Å². The summed E-state index contributed by atoms with van der Waals surface area (Å²) < 4.78 is 0. The number of nitrogens with zero attached hydrogens (tertiary/aromatic N) is 1. The van der Waals surface area contributed by atoms with E-state index in [4.69, 9.17) is 0 Å². The van der Waals surface area contributed by atoms with E-state index < -0.39 is 0 Å². The van der Waals surface area contributed by atoms with Crippen molar-refractivity contribution in [3.05, 3.63) is 0 Å². The lowest BCUT2D eigenvalue weighted by atomic mass is 9.93. The molecular formula is C10H21N. The van der Waals surface area contributed by atoms with E-state index in [0.717, 1.165) is 23.9 Å². The maximum atomic E-state index is 2.54. The Morgan fingerprint density at radius 2 is 1.82 bits per heavy atom. The molecule has 0 aliphatic carbocycles. The maximum Gasteiger partial charge on any atom is 0.0144 e. The highest BCUT2D eigenvalue weighted by Crippen LogP contribution is 2.31. The first-order valence-electron chi connectivity index (χ1n) is 4.76. The number of hydrogen-bond donors (Lipinski definition) is 0. The Kier molecular flexibility index (Phi) is 2.58. The third kappa shape index (κ3) is 1.58. The zero-order chi connectivity index (χ0) is 8.59. The summed E-state index contributed by atoms with van der Waals surface area (Å²) >= 11 is 0. The van der Waals surface area contributed by atoms with Crippen molar-refractivity contribution in [2.24, 2.45) is 11.8 Å². The minimum Gasteiger partial charge on any atom is -0.300 e. The third-order valence-corrected chi connectivity index (χ3v) is 3.14. The topological polar surface area (TPSA) is 3.24 Å². The van der Waals surface area contributed by atoms with Crippen LogP contribution in [0.5, 0.6) is 0 Å². The van der Waals surface area contributed by atoms with Crippen molar-refractivity contribution in [2.45, 2.75) is 46.2 Å². The van der Waals surface area contributed by atoms with Gasteiger partial charge in [-0.05, 0) is 32.2 Å². The predicted molar refractivity (Wildman–Crippen MR) is 49.6 cm³/mol. The molecule has 1 aliphatic rings. The summed E-state index contributed by atoms with van der Waals surface area (Å²) in [7, 11) is 2.26. The van der Waals surface area contributed by atoms with Crippen LogP contribution in [0.2, 0.25) is 0 Å². The molecular weight excluding hydrogens is 134 g/mol. The second-order valence-corrected chi connectivity index (χ2v) is 4.46. The van der Waals surface area contributed by atoms with Gasteiger partial charge in [-0.3, -0.25) is 0 Å². The van der Waals surface area contributed by atoms with Crippen LogP contribution in [0.15, 0.2) is 0 Å². The van der Waals surface area contributed by atoms with Crippen LogP contribution in [0.1, 0.15) is 34.1 Å². The van der Waals surface area contributed by atoms with E-state index in [1.54, 1.807) is 0 Å². The summed E-state index contributed by atoms with van der Waals surface area (Å²) in [6.07, 6.45) is 1.37. The van der Waals surface area contributed by atoms with Gasteiger partial charge >= 0.3 is 0 Å². The summed E-state index contributed by atoms with van der Waals surface area (Å²) in [5.41, 5.74) is 0. The third-order valence-electron chi connectivity index (χ3n) is 3.14. The van der Waals surface area contributed by atoms with Gasteiger partial charge in [0, 0.05) is 12.1 Å². The average Bonchev–Trinajstić information content (AvgIpc) is 2.07. The monoisotopic (exact) mass is 155 g/mol. The lowest BCUT2D eigenvalue weighted by Crippen LogP contribution is -2.36. The normalized spacial score (nSPS) is 40.4. The number of rotatable bonds is 1. The van der Waals surface area contributed by atoms with Gasteiger partial charge in [0.05, 0.1) is 0 Å². The Labute approximate surface area is 70.8 Å². The van der Waals surface area contributed by atoms with Gasteiger partial charge in [-0.2, -0.15) is 0 Å². The van der Waals surface area contributed by atoms with Crippen molar-refractivity contribution < 1.29 is 0 Å². The highest BCUT2D eigenvalue weighted by atomic mass is 15.2. The fraction of sp³-hybridized carbons (Fsp3) is 1.00. The van der Waals surface area contributed by atoms with Gasteiger partial charge in [0.15, 0.2) is 0 Å². The van der Waals surface area contributed by atoms with Crippen LogP contribution in [0.3, 0.4) is 0 Å². The van der Waals surface area contributed by atoms with E-state index >= 15 is 0 Å². The molecule has 1 rings (SSSR count). The van der Waals surface area contributed by atoms with Crippen molar-refractivity contribution in [2.75, 3.05) is 7.05 Å². The molecule has 0 saturated carbocycles. The van der Waals surface area contributed by atoms with Crippen molar-refractivity contribution in [1.82, 2.24) is 4.90 Å². The Hall–Kier alpha value is -0.0400. The Bertz CT molecular complexity index is 131. The van der Waals surface area contributed by atoms with Crippen molar-refractivity contribution in [3.63, 3.8) is 0 Å². The van der Waals surface area contributed by atoms with Crippen LogP contribution in [0.25, 0.3) is 0 Å². The SMILES string of the molecule is CC(C)C1C(C)CC(C)N1C. The molecule has 1 nitrogen and oxygen atoms in total. The molecule has 66 valence electrons. The van der Waals surface area contributed by atoms with Crippen LogP contribution < -0.4 is 0 Å². The van der Waals surface area contributed by atoms with E-state index in [1.165, 1.54) is 6.42 Å². The second-order valence-electron chi connectivity index (χ2n) is 4.46. The van der Waals surface area contributed by atoms with E-state index in [9.17, 15) is 0 Å². The predicted octanol–water partition coefficient (Wildman–Crippen LogP) is 2.37. The highest BCUT2D eigenvalue weighted by molar-refractivity contribution is 4.89. The van der Waals surface area contributed by atoms with Crippen LogP contribution >= 0.6 is 0 Å². The first kappa shape index (κ1) is 9.05. The van der Waals surface area contributed by atoms with Crippen molar-refractivity contribution >= 4 is 0 Å². The molecule has 0 radical (unpaired) electrons. The van der Waals surface area contributed by atoms with Crippen molar-refractivity contribution in [1.29, 1.82) is 0 Å². The average molecular weight is 155 g/mol. The molecule has 0 bridgehead atoms. The quantitative estimate of drug-likeness (QED) is 0.562. The lowest BCUT2D eigenvalue weighted by molar-refractivity contribution is 0.188. The van der Waals surface area contributed by atoms with Gasteiger partial charge in [0.25, 0.3) is 0 Å². The largest absolute Gasteiger partial charge is 0.300 e. The standard InChI is InChI=1S/C10H21N/c1-7(2)10-8(3)6-9(4)11(10)5/h7-10H,6H2,1-5H3. The lowest BCUT2D eigenvalue weighted by Gasteiger charge is -2.28. The molecule has 3 unspecified atom stereocenters. The molecule has 3 atom stereocenters. The Balaban J connectivity index is 2.63. The molecule has 0 aromatic heterocycles. The van der Waals surface area contributed by atoms with E-state index in [2.05, 4.69) is 39.6 Å². The van der Waals surface area contributed by atoms with E-state index in [1.807, 2.05) is 0 Å². The van der Waals surface area contributed by atoms with Crippen LogP contribution in [-0.2, 0) is 0 Å². The smallest absolute Gasteiger partial charge is 0.0144 e. The van der Waals surface area contributed by atoms with Gasteiger partial charge in [0.2, 0.25) is 0 Å². The van der Waals surface area contributed by atoms with E-state index in [0.29, 0.717) is 0 Å². The first-order chi connectivity index (χ1) is 5.04. The Morgan fingerprint density at radius 1 is 1.27 bits per heavy atom. The van der Waals surface area contributed by atoms with Crippen LogP contribution in [-0.4, -0.2) is 24.0 Å². The van der Waals surface area contributed by atoms with E-state index in [-0.39, 0.29) is 0 Å². The minimum atomic E-state index is 0.789. The molecule has 0 aromatic rings. The number of likely N-dealkylation sites (tertiary alicyclic amines) is 1. The fourth-order valence-electron chi connectivity index (χ4n) is 2.67. The summed E-state index contributed by atoms with van der Waals surface area (Å²) in [5, 5.41) is 0. The van der Waals surface area contributed by atoms with Gasteiger partial charge in [-0.25, -0.2) is 0 Å².